The maximum atomic E-state index is 5.46. The molecule has 242 valence electrons. The first-order valence-electron chi connectivity index (χ1n) is 14.2. The van der Waals surface area contributed by atoms with Crippen molar-refractivity contribution in [3.63, 3.8) is 0 Å². The molecule has 14 nitrogen and oxygen atoms in total. The zero-order valence-corrected chi connectivity index (χ0v) is 24.4. The van der Waals surface area contributed by atoms with E-state index in [1.54, 1.807) is 0 Å². The highest BCUT2D eigenvalue weighted by molar-refractivity contribution is 4.39. The van der Waals surface area contributed by atoms with E-state index >= 15 is 0 Å². The molecule has 0 atom stereocenters. The Bertz CT molecular complexity index is 406. The maximum absolute atomic E-state index is 5.46. The third kappa shape index (κ3) is 37.4. The van der Waals surface area contributed by atoms with Crippen LogP contribution in [-0.2, 0) is 56.8 Å². The van der Waals surface area contributed by atoms with Crippen LogP contribution in [0.5, 0.6) is 0 Å². The van der Waals surface area contributed by atoms with Crippen LogP contribution in [0.2, 0.25) is 0 Å². The van der Waals surface area contributed by atoms with Crippen LogP contribution in [0.3, 0.4) is 0 Å². The Morgan fingerprint density at radius 2 is 0.275 bits per heavy atom. The Kier molecular flexibility index (Phi) is 37.9. The normalized spacial score (nSPS) is 11.6. The summed E-state index contributed by atoms with van der Waals surface area (Å²) in [4.78, 5) is 0. The number of nitrogens with two attached hydrogens (primary N) is 2. The first-order chi connectivity index (χ1) is 19.9. The molecule has 0 amide bonds. The molecule has 0 unspecified atom stereocenters. The van der Waals surface area contributed by atoms with E-state index in [4.69, 9.17) is 68.3 Å². The van der Waals surface area contributed by atoms with E-state index in [-0.39, 0.29) is 0 Å². The van der Waals surface area contributed by atoms with Crippen LogP contribution < -0.4 is 11.5 Å². The van der Waals surface area contributed by atoms with Crippen molar-refractivity contribution >= 4 is 0 Å². The van der Waals surface area contributed by atoms with Crippen molar-refractivity contribution in [1.82, 2.24) is 0 Å². The molecule has 0 aromatic carbocycles. The summed E-state index contributed by atoms with van der Waals surface area (Å²) < 4.78 is 64.6. The van der Waals surface area contributed by atoms with Gasteiger partial charge in [0.05, 0.1) is 159 Å². The Morgan fingerprint density at radius 3 is 0.375 bits per heavy atom. The summed E-state index contributed by atoms with van der Waals surface area (Å²) in [6.07, 6.45) is 0. The Balaban J connectivity index is 3.01. The summed E-state index contributed by atoms with van der Waals surface area (Å²) in [6.45, 7) is 13.7. The van der Waals surface area contributed by atoms with Crippen molar-refractivity contribution in [2.45, 2.75) is 0 Å². The van der Waals surface area contributed by atoms with Crippen molar-refractivity contribution in [3.8, 4) is 0 Å². The van der Waals surface area contributed by atoms with E-state index in [1.807, 2.05) is 0 Å². The molecule has 0 aliphatic rings. The molecule has 0 aliphatic heterocycles. The second-order valence-corrected chi connectivity index (χ2v) is 7.93. The molecule has 0 spiro atoms. The van der Waals surface area contributed by atoms with Gasteiger partial charge in [-0.1, -0.05) is 0 Å². The van der Waals surface area contributed by atoms with E-state index in [0.717, 1.165) is 0 Å². The highest BCUT2D eigenvalue weighted by atomic mass is 16.6. The minimum absolute atomic E-state index is 0.512. The topological polar surface area (TPSA) is 163 Å². The molecule has 0 saturated carbocycles. The van der Waals surface area contributed by atoms with E-state index < -0.39 is 0 Å². The minimum atomic E-state index is 0.512. The fourth-order valence-corrected chi connectivity index (χ4v) is 2.69. The number of rotatable bonds is 37. The van der Waals surface area contributed by atoms with Gasteiger partial charge < -0.3 is 68.3 Å². The van der Waals surface area contributed by atoms with Crippen LogP contribution in [0.25, 0.3) is 0 Å². The van der Waals surface area contributed by atoms with Gasteiger partial charge in [-0.3, -0.25) is 0 Å². The van der Waals surface area contributed by atoms with Crippen molar-refractivity contribution in [3.05, 3.63) is 0 Å². The van der Waals surface area contributed by atoms with Crippen molar-refractivity contribution < 1.29 is 56.8 Å². The van der Waals surface area contributed by atoms with Crippen LogP contribution >= 0.6 is 0 Å². The molecule has 0 rings (SSSR count). The molecule has 40 heavy (non-hydrogen) atoms. The number of hydrogen-bond donors (Lipinski definition) is 2. The molecule has 0 heterocycles. The summed E-state index contributed by atoms with van der Waals surface area (Å²) in [5.41, 5.74) is 10.6. The van der Waals surface area contributed by atoms with Gasteiger partial charge >= 0.3 is 0 Å². The van der Waals surface area contributed by atoms with Gasteiger partial charge in [-0.25, -0.2) is 0 Å². The molecule has 0 radical (unpaired) electrons. The largest absolute Gasteiger partial charge is 0.378 e. The van der Waals surface area contributed by atoms with Crippen LogP contribution in [0.4, 0.5) is 0 Å². The standard InChI is InChI=1S/C26H56N2O12/c27-1-3-29-5-7-31-9-11-33-13-15-35-17-19-37-21-23-39-25-26-40-24-22-38-20-18-36-16-14-34-12-10-32-8-6-30-4-2-28/h1-28H2. The predicted molar refractivity (Wildman–Crippen MR) is 148 cm³/mol. The molecule has 0 fully saturated rings. The Hall–Kier alpha value is -0.560. The molecule has 14 heteroatoms. The molecule has 0 aromatic rings. The van der Waals surface area contributed by atoms with Crippen molar-refractivity contribution in [2.24, 2.45) is 11.5 Å². The van der Waals surface area contributed by atoms with Crippen LogP contribution in [-0.4, -0.2) is 172 Å². The molecule has 0 aliphatic carbocycles. The fourth-order valence-electron chi connectivity index (χ4n) is 2.69. The molecular weight excluding hydrogens is 532 g/mol. The smallest absolute Gasteiger partial charge is 0.0701 e. The van der Waals surface area contributed by atoms with Gasteiger partial charge in [0.2, 0.25) is 0 Å². The van der Waals surface area contributed by atoms with E-state index in [1.165, 1.54) is 0 Å². The lowest BCUT2D eigenvalue weighted by atomic mass is 10.6. The lowest BCUT2D eigenvalue weighted by Gasteiger charge is -2.09. The zero-order chi connectivity index (χ0) is 28.9. The average molecular weight is 589 g/mol. The second-order valence-electron chi connectivity index (χ2n) is 7.93. The lowest BCUT2D eigenvalue weighted by Crippen LogP contribution is -2.16. The molecule has 4 N–H and O–H groups in total. The lowest BCUT2D eigenvalue weighted by molar-refractivity contribution is -0.0282. The Morgan fingerprint density at radius 1 is 0.175 bits per heavy atom. The summed E-state index contributed by atoms with van der Waals surface area (Å²) in [5.74, 6) is 0. The van der Waals surface area contributed by atoms with Crippen molar-refractivity contribution in [1.29, 1.82) is 0 Å². The highest BCUT2D eigenvalue weighted by Gasteiger charge is 1.96. The van der Waals surface area contributed by atoms with Crippen LogP contribution in [0.15, 0.2) is 0 Å². The van der Waals surface area contributed by atoms with Crippen LogP contribution in [0, 0.1) is 0 Å². The first kappa shape index (κ1) is 39.4. The summed E-state index contributed by atoms with van der Waals surface area (Å²) in [6, 6.07) is 0. The second kappa shape index (κ2) is 38.4. The van der Waals surface area contributed by atoms with Crippen LogP contribution in [0.1, 0.15) is 0 Å². The number of hydrogen-bond acceptors (Lipinski definition) is 14. The minimum Gasteiger partial charge on any atom is -0.378 e. The number of ether oxygens (including phenoxy) is 12. The predicted octanol–water partition coefficient (Wildman–Crippen LogP) is -0.897. The summed E-state index contributed by atoms with van der Waals surface area (Å²) in [7, 11) is 0. The summed E-state index contributed by atoms with van der Waals surface area (Å²) >= 11 is 0. The van der Waals surface area contributed by atoms with Crippen molar-refractivity contribution in [2.75, 3.05) is 172 Å². The van der Waals surface area contributed by atoms with E-state index in [9.17, 15) is 0 Å². The monoisotopic (exact) mass is 588 g/mol. The third-order valence-electron chi connectivity index (χ3n) is 4.62. The first-order valence-corrected chi connectivity index (χ1v) is 14.2. The van der Waals surface area contributed by atoms with Gasteiger partial charge in [0.25, 0.3) is 0 Å². The molecular formula is C26H56N2O12. The van der Waals surface area contributed by atoms with Gasteiger partial charge in [0, 0.05) is 13.1 Å². The highest BCUT2D eigenvalue weighted by Crippen LogP contribution is 1.87. The zero-order valence-electron chi connectivity index (χ0n) is 24.4. The fraction of sp³-hybridized carbons (Fsp3) is 1.00. The average Bonchev–Trinajstić information content (AvgIpc) is 2.97. The molecule has 0 saturated heterocycles. The maximum Gasteiger partial charge on any atom is 0.0701 e. The van der Waals surface area contributed by atoms with Gasteiger partial charge in [0.15, 0.2) is 0 Å². The molecule has 0 aromatic heterocycles. The Labute approximate surface area is 240 Å². The molecule has 0 bridgehead atoms. The van der Waals surface area contributed by atoms with E-state index in [0.29, 0.717) is 172 Å². The van der Waals surface area contributed by atoms with Gasteiger partial charge in [-0.15, -0.1) is 0 Å². The SMILES string of the molecule is NCCOCCOCCOCCOCCOCCOCCOCCOCCOCCOCCOCCOCCN. The quantitative estimate of drug-likeness (QED) is 0.0859. The van der Waals surface area contributed by atoms with Gasteiger partial charge in [-0.2, -0.15) is 0 Å². The van der Waals surface area contributed by atoms with Gasteiger partial charge in [0.1, 0.15) is 0 Å². The van der Waals surface area contributed by atoms with E-state index in [2.05, 4.69) is 0 Å². The summed E-state index contributed by atoms with van der Waals surface area (Å²) in [5, 5.41) is 0. The van der Waals surface area contributed by atoms with Gasteiger partial charge in [-0.05, 0) is 0 Å². The third-order valence-corrected chi connectivity index (χ3v) is 4.62.